The number of hydrogen-bond donors (Lipinski definition) is 3. The minimum Gasteiger partial charge on any atom is -0.378 e. The normalized spacial score (nSPS) is 32.8. The van der Waals surface area contributed by atoms with E-state index in [4.69, 9.17) is 10.5 Å². The highest BCUT2D eigenvalue weighted by atomic mass is 16.5. The number of nitrogens with two attached hydrogens (primary N) is 1. The van der Waals surface area contributed by atoms with Crippen LogP contribution in [-0.4, -0.2) is 43.7 Å². The maximum absolute atomic E-state index is 11.9. The van der Waals surface area contributed by atoms with Gasteiger partial charge in [-0.2, -0.15) is 0 Å². The van der Waals surface area contributed by atoms with Crippen LogP contribution in [0.3, 0.4) is 0 Å². The Morgan fingerprint density at radius 1 is 1.22 bits per heavy atom. The van der Waals surface area contributed by atoms with Crippen molar-refractivity contribution in [2.45, 2.75) is 37.8 Å². The fourth-order valence-electron chi connectivity index (χ4n) is 2.56. The van der Waals surface area contributed by atoms with Crippen molar-refractivity contribution in [3.8, 4) is 0 Å². The van der Waals surface area contributed by atoms with E-state index < -0.39 is 0 Å². The molecule has 0 aromatic carbocycles. The van der Waals surface area contributed by atoms with Crippen LogP contribution in [0, 0.1) is 5.92 Å². The van der Waals surface area contributed by atoms with Crippen molar-refractivity contribution in [1.29, 1.82) is 0 Å². The second kappa shape index (κ2) is 6.15. The van der Waals surface area contributed by atoms with Crippen LogP contribution in [0.25, 0.3) is 0 Å². The fraction of sp³-hybridized carbons (Fsp3) is 0.833. The van der Waals surface area contributed by atoms with E-state index in [9.17, 15) is 9.59 Å². The lowest BCUT2D eigenvalue weighted by atomic mass is 9.85. The van der Waals surface area contributed by atoms with Crippen LogP contribution < -0.4 is 16.4 Å². The molecule has 0 bridgehead atoms. The summed E-state index contributed by atoms with van der Waals surface area (Å²) in [6.07, 6.45) is 3.20. The van der Waals surface area contributed by atoms with Gasteiger partial charge in [-0.25, -0.2) is 0 Å². The number of primary amides is 1. The maximum atomic E-state index is 11.9. The summed E-state index contributed by atoms with van der Waals surface area (Å²) in [7, 11) is 0. The molecule has 2 amide bonds. The minimum atomic E-state index is -0.243. The third kappa shape index (κ3) is 3.43. The first-order valence-corrected chi connectivity index (χ1v) is 6.57. The molecule has 1 unspecified atom stereocenters. The zero-order valence-electron chi connectivity index (χ0n) is 10.5. The van der Waals surface area contributed by atoms with Crippen molar-refractivity contribution in [1.82, 2.24) is 10.6 Å². The van der Waals surface area contributed by atoms with Crippen molar-refractivity contribution in [3.05, 3.63) is 0 Å². The van der Waals surface area contributed by atoms with E-state index in [0.29, 0.717) is 19.8 Å². The molecule has 1 saturated carbocycles. The zero-order chi connectivity index (χ0) is 13.0. The first-order valence-electron chi connectivity index (χ1n) is 6.57. The number of carbonyl (C=O) groups excluding carboxylic acids is 2. The third-order valence-electron chi connectivity index (χ3n) is 3.71. The van der Waals surface area contributed by atoms with Crippen molar-refractivity contribution in [2.24, 2.45) is 11.7 Å². The Morgan fingerprint density at radius 2 is 1.94 bits per heavy atom. The second-order valence-electron chi connectivity index (χ2n) is 5.04. The fourth-order valence-corrected chi connectivity index (χ4v) is 2.56. The van der Waals surface area contributed by atoms with Gasteiger partial charge in [0.1, 0.15) is 6.04 Å². The summed E-state index contributed by atoms with van der Waals surface area (Å²) in [6.45, 7) is 1.81. The van der Waals surface area contributed by atoms with Gasteiger partial charge in [-0.3, -0.25) is 9.59 Å². The molecular weight excluding hydrogens is 234 g/mol. The van der Waals surface area contributed by atoms with Gasteiger partial charge in [0.2, 0.25) is 11.8 Å². The lowest BCUT2D eigenvalue weighted by Crippen LogP contribution is -2.53. The Hall–Kier alpha value is -1.14. The molecule has 1 aliphatic heterocycles. The van der Waals surface area contributed by atoms with Crippen molar-refractivity contribution < 1.29 is 14.3 Å². The molecule has 6 heteroatoms. The van der Waals surface area contributed by atoms with Gasteiger partial charge < -0.3 is 21.1 Å². The van der Waals surface area contributed by atoms with Crippen LogP contribution in [0.15, 0.2) is 0 Å². The Labute approximate surface area is 107 Å². The first kappa shape index (κ1) is 13.3. The Morgan fingerprint density at radius 3 is 2.50 bits per heavy atom. The monoisotopic (exact) mass is 255 g/mol. The smallest absolute Gasteiger partial charge is 0.239 e. The summed E-state index contributed by atoms with van der Waals surface area (Å²) < 4.78 is 5.26. The van der Waals surface area contributed by atoms with Gasteiger partial charge in [-0.1, -0.05) is 0 Å². The van der Waals surface area contributed by atoms with Gasteiger partial charge in [-0.15, -0.1) is 0 Å². The average molecular weight is 255 g/mol. The number of ether oxygens (including phenoxy) is 1. The van der Waals surface area contributed by atoms with Gasteiger partial charge in [0.25, 0.3) is 0 Å². The lowest BCUT2D eigenvalue weighted by Gasteiger charge is -2.30. The Kier molecular flexibility index (Phi) is 4.54. The SMILES string of the molecule is NC(=O)C1CCC(NC(=O)C2COCCN2)CC1. The quantitative estimate of drug-likeness (QED) is 0.611. The van der Waals surface area contributed by atoms with E-state index in [1.807, 2.05) is 0 Å². The Balaban J connectivity index is 1.73. The molecule has 102 valence electrons. The van der Waals surface area contributed by atoms with E-state index in [-0.39, 0.29) is 29.8 Å². The van der Waals surface area contributed by atoms with Crippen LogP contribution in [0.5, 0.6) is 0 Å². The molecule has 0 spiro atoms. The molecule has 2 rings (SSSR count). The molecule has 0 aromatic rings. The van der Waals surface area contributed by atoms with Crippen LogP contribution in [0.2, 0.25) is 0 Å². The summed E-state index contributed by atoms with van der Waals surface area (Å²) in [6, 6.07) is -0.0792. The maximum Gasteiger partial charge on any atom is 0.239 e. The summed E-state index contributed by atoms with van der Waals surface area (Å²) >= 11 is 0. The van der Waals surface area contributed by atoms with Gasteiger partial charge in [0.15, 0.2) is 0 Å². The van der Waals surface area contributed by atoms with Gasteiger partial charge in [0, 0.05) is 18.5 Å². The largest absolute Gasteiger partial charge is 0.378 e. The standard InChI is InChI=1S/C12H21N3O3/c13-11(16)8-1-3-9(4-2-8)15-12(17)10-7-18-6-5-14-10/h8-10,14H,1-7H2,(H2,13,16)(H,15,17). The molecule has 0 aromatic heterocycles. The number of nitrogens with one attached hydrogen (secondary N) is 2. The first-order chi connectivity index (χ1) is 8.66. The van der Waals surface area contributed by atoms with E-state index >= 15 is 0 Å². The second-order valence-corrected chi connectivity index (χ2v) is 5.04. The molecule has 1 heterocycles. The molecule has 1 aliphatic carbocycles. The van der Waals surface area contributed by atoms with Gasteiger partial charge in [-0.05, 0) is 25.7 Å². The van der Waals surface area contributed by atoms with Gasteiger partial charge in [0.05, 0.1) is 13.2 Å². The molecule has 1 saturated heterocycles. The predicted octanol–water partition coefficient (Wildman–Crippen LogP) is -0.865. The highest BCUT2D eigenvalue weighted by molar-refractivity contribution is 5.82. The topological polar surface area (TPSA) is 93.5 Å². The molecule has 18 heavy (non-hydrogen) atoms. The number of rotatable bonds is 3. The van der Waals surface area contributed by atoms with Crippen molar-refractivity contribution in [2.75, 3.05) is 19.8 Å². The van der Waals surface area contributed by atoms with Gasteiger partial charge >= 0.3 is 0 Å². The molecule has 4 N–H and O–H groups in total. The zero-order valence-corrected chi connectivity index (χ0v) is 10.5. The number of amides is 2. The Bertz CT molecular complexity index is 308. The van der Waals surface area contributed by atoms with E-state index in [2.05, 4.69) is 10.6 Å². The van der Waals surface area contributed by atoms with Crippen LogP contribution in [0.4, 0.5) is 0 Å². The van der Waals surface area contributed by atoms with Crippen LogP contribution >= 0.6 is 0 Å². The predicted molar refractivity (Wildman–Crippen MR) is 65.7 cm³/mol. The number of carbonyl (C=O) groups is 2. The van der Waals surface area contributed by atoms with E-state index in [1.54, 1.807) is 0 Å². The minimum absolute atomic E-state index is 0.00257. The molecule has 2 aliphatic rings. The van der Waals surface area contributed by atoms with Crippen molar-refractivity contribution in [3.63, 3.8) is 0 Å². The molecular formula is C12H21N3O3. The lowest BCUT2D eigenvalue weighted by molar-refractivity contribution is -0.127. The van der Waals surface area contributed by atoms with Crippen LogP contribution in [-0.2, 0) is 14.3 Å². The molecule has 2 fully saturated rings. The summed E-state index contributed by atoms with van der Waals surface area (Å²) in [5, 5.41) is 6.14. The number of morpholine rings is 1. The van der Waals surface area contributed by atoms with E-state index in [1.165, 1.54) is 0 Å². The molecule has 0 radical (unpaired) electrons. The third-order valence-corrected chi connectivity index (χ3v) is 3.71. The summed E-state index contributed by atoms with van der Waals surface area (Å²) in [5.41, 5.74) is 5.28. The summed E-state index contributed by atoms with van der Waals surface area (Å²) in [4.78, 5) is 23.0. The highest BCUT2D eigenvalue weighted by Gasteiger charge is 2.28. The molecule has 1 atom stereocenters. The summed E-state index contributed by atoms with van der Waals surface area (Å²) in [5.74, 6) is -0.242. The average Bonchev–Trinajstić information content (AvgIpc) is 2.40. The highest BCUT2D eigenvalue weighted by Crippen LogP contribution is 2.23. The molecule has 6 nitrogen and oxygen atoms in total. The van der Waals surface area contributed by atoms with E-state index in [0.717, 1.165) is 25.7 Å². The number of hydrogen-bond acceptors (Lipinski definition) is 4. The van der Waals surface area contributed by atoms with Crippen LogP contribution in [0.1, 0.15) is 25.7 Å². The van der Waals surface area contributed by atoms with Crippen molar-refractivity contribution >= 4 is 11.8 Å².